The molecular weight excluding hydrogens is 457 g/mol. The van der Waals surface area contributed by atoms with Crippen molar-refractivity contribution in [1.29, 1.82) is 0 Å². The molecule has 34 heavy (non-hydrogen) atoms. The van der Waals surface area contributed by atoms with Gasteiger partial charge in [-0.05, 0) is 61.1 Å². The summed E-state index contributed by atoms with van der Waals surface area (Å²) in [6.45, 7) is 0.185. The van der Waals surface area contributed by atoms with Gasteiger partial charge in [0.15, 0.2) is 11.5 Å². The first kappa shape index (κ1) is 23.7. The fourth-order valence-corrected chi connectivity index (χ4v) is 4.23. The van der Waals surface area contributed by atoms with E-state index in [0.717, 1.165) is 5.56 Å². The number of halogens is 3. The van der Waals surface area contributed by atoms with Crippen LogP contribution >= 0.6 is 0 Å². The molecule has 4 rings (SSSR count). The second kappa shape index (κ2) is 9.80. The molecule has 2 aromatic carbocycles. The minimum atomic E-state index is -5.16. The fraction of sp³-hybridized carbons (Fsp3) is 0.391. The summed E-state index contributed by atoms with van der Waals surface area (Å²) in [4.78, 5) is 22.4. The molecule has 0 bridgehead atoms. The Kier molecular flexibility index (Phi) is 6.82. The highest BCUT2D eigenvalue weighted by molar-refractivity contribution is 5.77. The zero-order valence-electron chi connectivity index (χ0n) is 17.9. The number of hydrogen-bond acceptors (Lipinski definition) is 7. The van der Waals surface area contributed by atoms with E-state index in [1.165, 1.54) is 18.2 Å². The van der Waals surface area contributed by atoms with Gasteiger partial charge >= 0.3 is 12.1 Å². The summed E-state index contributed by atoms with van der Waals surface area (Å²) in [6.07, 6.45) is -3.53. The van der Waals surface area contributed by atoms with Crippen LogP contribution in [0.15, 0.2) is 36.4 Å². The SMILES string of the molecule is O=CNc1cc(C(OC(=O)C(F)(F)F)C2CCC(CCc3ccc4c(c3)OCO4)N2)ccc1O. The molecule has 2 aromatic rings. The Labute approximate surface area is 193 Å². The van der Waals surface area contributed by atoms with Crippen LogP contribution in [-0.4, -0.2) is 42.5 Å². The standard InChI is InChI=1S/C23H23F3N2O6/c24-23(25,26)22(31)34-21(14-3-7-18(30)17(10-14)27-11-29)16-6-5-15(28-16)4-1-13-2-8-19-20(9-13)33-12-32-19/h2-3,7-11,15-16,21,28,30H,1,4-6,12H2,(H,27,29). The summed E-state index contributed by atoms with van der Waals surface area (Å²) >= 11 is 0. The third-order valence-corrected chi connectivity index (χ3v) is 5.89. The number of carbonyl (C=O) groups excluding carboxylic acids is 2. The van der Waals surface area contributed by atoms with Gasteiger partial charge in [0, 0.05) is 12.1 Å². The number of rotatable bonds is 8. The summed E-state index contributed by atoms with van der Waals surface area (Å²) in [5.41, 5.74) is 1.25. The second-order valence-corrected chi connectivity index (χ2v) is 8.14. The summed E-state index contributed by atoms with van der Waals surface area (Å²) in [6, 6.07) is 8.97. The molecule has 2 heterocycles. The minimum Gasteiger partial charge on any atom is -0.506 e. The number of fused-ring (bicyclic) bond motifs is 1. The van der Waals surface area contributed by atoms with Crippen LogP contribution in [0.1, 0.15) is 36.5 Å². The Morgan fingerprint density at radius 3 is 2.76 bits per heavy atom. The molecule has 1 saturated heterocycles. The second-order valence-electron chi connectivity index (χ2n) is 8.14. The summed E-state index contributed by atoms with van der Waals surface area (Å²) < 4.78 is 54.4. The van der Waals surface area contributed by atoms with Crippen LogP contribution in [0.5, 0.6) is 17.2 Å². The van der Waals surface area contributed by atoms with Crippen molar-refractivity contribution in [1.82, 2.24) is 5.32 Å². The summed E-state index contributed by atoms with van der Waals surface area (Å²) in [5, 5.41) is 15.4. The van der Waals surface area contributed by atoms with Crippen LogP contribution in [0.2, 0.25) is 0 Å². The highest BCUT2D eigenvalue weighted by atomic mass is 19.4. The molecule has 2 aliphatic heterocycles. The normalized spacial score (nSPS) is 20.1. The number of esters is 1. The smallest absolute Gasteiger partial charge is 0.490 e. The van der Waals surface area contributed by atoms with Gasteiger partial charge in [0.2, 0.25) is 13.2 Å². The molecule has 1 fully saturated rings. The number of nitrogens with one attached hydrogen (secondary N) is 2. The molecule has 3 N–H and O–H groups in total. The van der Waals surface area contributed by atoms with E-state index in [0.29, 0.717) is 43.6 Å². The van der Waals surface area contributed by atoms with Gasteiger partial charge < -0.3 is 30.0 Å². The average molecular weight is 480 g/mol. The quantitative estimate of drug-likeness (QED) is 0.301. The number of anilines is 1. The highest BCUT2D eigenvalue weighted by Crippen LogP contribution is 2.36. The molecule has 1 amide bonds. The topological polar surface area (TPSA) is 106 Å². The van der Waals surface area contributed by atoms with E-state index in [-0.39, 0.29) is 29.8 Å². The van der Waals surface area contributed by atoms with Crippen molar-refractivity contribution < 1.29 is 42.1 Å². The number of benzene rings is 2. The van der Waals surface area contributed by atoms with Crippen LogP contribution in [0.3, 0.4) is 0 Å². The van der Waals surface area contributed by atoms with E-state index >= 15 is 0 Å². The molecule has 0 aromatic heterocycles. The number of aryl methyl sites for hydroxylation is 1. The van der Waals surface area contributed by atoms with E-state index < -0.39 is 24.3 Å². The first-order valence-electron chi connectivity index (χ1n) is 10.7. The Hall–Kier alpha value is -3.47. The van der Waals surface area contributed by atoms with Crippen LogP contribution < -0.4 is 20.1 Å². The number of hydrogen-bond donors (Lipinski definition) is 3. The lowest BCUT2D eigenvalue weighted by Gasteiger charge is -2.26. The lowest BCUT2D eigenvalue weighted by atomic mass is 9.99. The van der Waals surface area contributed by atoms with Crippen LogP contribution in [0.4, 0.5) is 18.9 Å². The van der Waals surface area contributed by atoms with E-state index in [2.05, 4.69) is 10.6 Å². The van der Waals surface area contributed by atoms with Gasteiger partial charge in [-0.1, -0.05) is 12.1 Å². The van der Waals surface area contributed by atoms with Crippen LogP contribution in [0.25, 0.3) is 0 Å². The molecule has 11 heteroatoms. The van der Waals surface area contributed by atoms with E-state index in [4.69, 9.17) is 14.2 Å². The summed E-state index contributed by atoms with van der Waals surface area (Å²) in [7, 11) is 0. The van der Waals surface area contributed by atoms with Crippen molar-refractivity contribution in [3.05, 3.63) is 47.5 Å². The lowest BCUT2D eigenvalue weighted by Crippen LogP contribution is -2.38. The van der Waals surface area contributed by atoms with Crippen molar-refractivity contribution in [2.24, 2.45) is 0 Å². The van der Waals surface area contributed by atoms with Gasteiger partial charge in [0.1, 0.15) is 11.9 Å². The van der Waals surface area contributed by atoms with Crippen molar-refractivity contribution in [3.63, 3.8) is 0 Å². The minimum absolute atomic E-state index is 0.00193. The molecule has 182 valence electrons. The van der Waals surface area contributed by atoms with Gasteiger partial charge in [0.05, 0.1) is 5.69 Å². The first-order chi connectivity index (χ1) is 16.2. The number of phenolic OH excluding ortho intramolecular Hbond substituents is 1. The number of carbonyl (C=O) groups is 2. The average Bonchev–Trinajstić information content (AvgIpc) is 3.46. The maximum atomic E-state index is 12.9. The maximum Gasteiger partial charge on any atom is 0.490 e. The van der Waals surface area contributed by atoms with Crippen molar-refractivity contribution in [2.45, 2.75) is 50.0 Å². The number of aromatic hydroxyl groups is 1. The first-order valence-corrected chi connectivity index (χ1v) is 10.7. The van der Waals surface area contributed by atoms with Crippen LogP contribution in [-0.2, 0) is 20.7 Å². The Morgan fingerprint density at radius 2 is 2.00 bits per heavy atom. The van der Waals surface area contributed by atoms with Gasteiger partial charge in [0.25, 0.3) is 0 Å². The van der Waals surface area contributed by atoms with E-state index in [1.807, 2.05) is 18.2 Å². The number of ether oxygens (including phenoxy) is 3. The Morgan fingerprint density at radius 1 is 1.21 bits per heavy atom. The van der Waals surface area contributed by atoms with Crippen LogP contribution in [0, 0.1) is 0 Å². The Balaban J connectivity index is 1.46. The summed E-state index contributed by atoms with van der Waals surface area (Å²) in [5.74, 6) is -1.20. The largest absolute Gasteiger partial charge is 0.506 e. The van der Waals surface area contributed by atoms with Crippen molar-refractivity contribution in [2.75, 3.05) is 12.1 Å². The van der Waals surface area contributed by atoms with Gasteiger partial charge in [-0.25, -0.2) is 4.79 Å². The molecule has 8 nitrogen and oxygen atoms in total. The number of amides is 1. The zero-order valence-corrected chi connectivity index (χ0v) is 17.9. The molecule has 0 saturated carbocycles. The van der Waals surface area contributed by atoms with Crippen molar-refractivity contribution >= 4 is 18.1 Å². The highest BCUT2D eigenvalue weighted by Gasteiger charge is 2.44. The molecule has 2 aliphatic rings. The fourth-order valence-electron chi connectivity index (χ4n) is 4.23. The predicted octanol–water partition coefficient (Wildman–Crippen LogP) is 3.59. The zero-order chi connectivity index (χ0) is 24.3. The lowest BCUT2D eigenvalue weighted by molar-refractivity contribution is -0.206. The number of alkyl halides is 3. The van der Waals surface area contributed by atoms with Gasteiger partial charge in [-0.3, -0.25) is 4.79 Å². The maximum absolute atomic E-state index is 12.9. The Bertz CT molecular complexity index is 1060. The molecule has 3 unspecified atom stereocenters. The predicted molar refractivity (Wildman–Crippen MR) is 114 cm³/mol. The monoisotopic (exact) mass is 480 g/mol. The van der Waals surface area contributed by atoms with Crippen molar-refractivity contribution in [3.8, 4) is 17.2 Å². The third-order valence-electron chi connectivity index (χ3n) is 5.89. The molecule has 0 aliphatic carbocycles. The molecule has 0 spiro atoms. The molecule has 3 atom stereocenters. The molecular formula is C23H23F3N2O6. The van der Waals surface area contributed by atoms with Gasteiger partial charge in [-0.15, -0.1) is 0 Å². The van der Waals surface area contributed by atoms with E-state index in [1.54, 1.807) is 0 Å². The van der Waals surface area contributed by atoms with Gasteiger partial charge in [-0.2, -0.15) is 13.2 Å². The molecule has 0 radical (unpaired) electrons. The van der Waals surface area contributed by atoms with E-state index in [9.17, 15) is 27.9 Å². The third kappa shape index (κ3) is 5.36. The number of phenols is 1.